The number of carboxylic acid groups (broad SMARTS) is 1. The Labute approximate surface area is 257 Å². The summed E-state index contributed by atoms with van der Waals surface area (Å²) >= 11 is 0. The standard InChI is InChI=1S/C34H38N6O4/c1-34(2,3)29(39(5)33(42)43)32(41)40-19-17-22(18-20-40)11-16-26-27(28-30(35)36-21-37-31(28)38(26)4)23-12-14-25(15-13-23)44-24-9-7-6-8-10-24/h6-10,12-15,21-22,29H,17-20H2,1-5H3,(H,42,43)(H2,35,36,37). The molecule has 3 N–H and O–H groups in total. The van der Waals surface area contributed by atoms with Crippen LogP contribution in [0.1, 0.15) is 39.3 Å². The van der Waals surface area contributed by atoms with E-state index in [1.54, 1.807) is 4.90 Å². The molecule has 0 spiro atoms. The van der Waals surface area contributed by atoms with Crippen LogP contribution in [0.4, 0.5) is 10.6 Å². The van der Waals surface area contributed by atoms with Gasteiger partial charge in [-0.05, 0) is 54.0 Å². The Morgan fingerprint density at radius 2 is 1.68 bits per heavy atom. The summed E-state index contributed by atoms with van der Waals surface area (Å²) in [6.07, 6.45) is 1.72. The van der Waals surface area contributed by atoms with E-state index in [2.05, 4.69) is 21.8 Å². The van der Waals surface area contributed by atoms with Crippen molar-refractivity contribution in [3.63, 3.8) is 0 Å². The third-order valence-electron chi connectivity index (χ3n) is 8.06. The zero-order chi connectivity index (χ0) is 31.6. The number of likely N-dealkylation sites (N-methyl/N-ethyl adjacent to an activating group) is 1. The number of ether oxygens (including phenoxy) is 1. The highest BCUT2D eigenvalue weighted by Gasteiger charge is 2.40. The number of piperidine rings is 1. The van der Waals surface area contributed by atoms with Gasteiger partial charge in [0.1, 0.15) is 41.0 Å². The maximum atomic E-state index is 13.4. The van der Waals surface area contributed by atoms with Crippen molar-refractivity contribution in [3.05, 3.63) is 66.6 Å². The molecule has 1 atom stereocenters. The molecule has 0 aliphatic carbocycles. The predicted molar refractivity (Wildman–Crippen MR) is 170 cm³/mol. The molecule has 10 nitrogen and oxygen atoms in total. The molecule has 1 unspecified atom stereocenters. The number of carbonyl (C=O) groups is 2. The maximum Gasteiger partial charge on any atom is 0.407 e. The van der Waals surface area contributed by atoms with E-state index < -0.39 is 17.6 Å². The van der Waals surface area contributed by atoms with Crippen LogP contribution in [0.5, 0.6) is 11.5 Å². The fraction of sp³-hybridized carbons (Fsp3) is 0.353. The molecule has 1 fully saturated rings. The van der Waals surface area contributed by atoms with Crippen LogP contribution in [-0.2, 0) is 11.8 Å². The zero-order valence-corrected chi connectivity index (χ0v) is 25.7. The monoisotopic (exact) mass is 594 g/mol. The summed E-state index contributed by atoms with van der Waals surface area (Å²) < 4.78 is 7.93. The molecule has 2 aromatic carbocycles. The minimum atomic E-state index is -1.12. The van der Waals surface area contributed by atoms with Gasteiger partial charge in [0.2, 0.25) is 5.91 Å². The molecule has 10 heteroatoms. The molecule has 2 aromatic heterocycles. The molecule has 1 saturated heterocycles. The summed E-state index contributed by atoms with van der Waals surface area (Å²) in [5.74, 6) is 8.61. The number of anilines is 1. The van der Waals surface area contributed by atoms with Gasteiger partial charge in [-0.3, -0.25) is 9.69 Å². The number of aromatic nitrogens is 3. The van der Waals surface area contributed by atoms with E-state index in [0.29, 0.717) is 43.1 Å². The number of fused-ring (bicyclic) bond motifs is 1. The predicted octanol–water partition coefficient (Wildman–Crippen LogP) is 5.62. The summed E-state index contributed by atoms with van der Waals surface area (Å²) in [6.45, 7) is 6.68. The second-order valence-electron chi connectivity index (χ2n) is 12.2. The van der Waals surface area contributed by atoms with Crippen LogP contribution >= 0.6 is 0 Å². The molecule has 228 valence electrons. The molecular formula is C34H38N6O4. The average molecular weight is 595 g/mol. The second-order valence-corrected chi connectivity index (χ2v) is 12.2. The Kier molecular flexibility index (Phi) is 8.50. The van der Waals surface area contributed by atoms with Crippen molar-refractivity contribution < 1.29 is 19.4 Å². The first-order valence-electron chi connectivity index (χ1n) is 14.6. The van der Waals surface area contributed by atoms with Crippen LogP contribution in [-0.4, -0.2) is 67.6 Å². The summed E-state index contributed by atoms with van der Waals surface area (Å²) in [7, 11) is 3.37. The van der Waals surface area contributed by atoms with Crippen molar-refractivity contribution in [1.82, 2.24) is 24.3 Å². The smallest absolute Gasteiger partial charge is 0.407 e. The number of carbonyl (C=O) groups excluding carboxylic acids is 1. The van der Waals surface area contributed by atoms with Crippen molar-refractivity contribution in [2.24, 2.45) is 18.4 Å². The largest absolute Gasteiger partial charge is 0.465 e. The molecule has 1 aliphatic rings. The number of amides is 2. The van der Waals surface area contributed by atoms with E-state index in [9.17, 15) is 14.7 Å². The van der Waals surface area contributed by atoms with Crippen LogP contribution < -0.4 is 10.5 Å². The van der Waals surface area contributed by atoms with Crippen LogP contribution in [0.15, 0.2) is 60.9 Å². The molecule has 3 heterocycles. The number of nitrogens with zero attached hydrogens (tertiary/aromatic N) is 5. The molecule has 0 radical (unpaired) electrons. The van der Waals surface area contributed by atoms with Gasteiger partial charge in [-0.25, -0.2) is 14.8 Å². The lowest BCUT2D eigenvalue weighted by Crippen LogP contribution is -2.56. The number of hydrogen-bond donors (Lipinski definition) is 2. The van der Waals surface area contributed by atoms with Gasteiger partial charge in [0, 0.05) is 38.7 Å². The third-order valence-corrected chi connectivity index (χ3v) is 8.06. The molecule has 0 bridgehead atoms. The van der Waals surface area contributed by atoms with Crippen molar-refractivity contribution in [2.75, 3.05) is 25.9 Å². The van der Waals surface area contributed by atoms with Crippen LogP contribution in [0.2, 0.25) is 0 Å². The zero-order valence-electron chi connectivity index (χ0n) is 25.7. The van der Waals surface area contributed by atoms with Crippen LogP contribution in [0, 0.1) is 23.2 Å². The number of para-hydroxylation sites is 1. The van der Waals surface area contributed by atoms with Crippen molar-refractivity contribution in [3.8, 4) is 34.5 Å². The normalized spacial score (nSPS) is 14.5. The highest BCUT2D eigenvalue weighted by atomic mass is 16.5. The quantitative estimate of drug-likeness (QED) is 0.287. The number of hydrogen-bond acceptors (Lipinski definition) is 6. The van der Waals surface area contributed by atoms with E-state index in [1.165, 1.54) is 13.4 Å². The number of nitrogen functional groups attached to an aromatic ring is 1. The van der Waals surface area contributed by atoms with Gasteiger partial charge >= 0.3 is 6.09 Å². The lowest BCUT2D eigenvalue weighted by atomic mass is 9.84. The molecular weight excluding hydrogens is 556 g/mol. The molecule has 0 saturated carbocycles. The van der Waals surface area contributed by atoms with Gasteiger partial charge in [0.25, 0.3) is 0 Å². The Morgan fingerprint density at radius 1 is 1.05 bits per heavy atom. The summed E-state index contributed by atoms with van der Waals surface area (Å²) in [6, 6.07) is 16.6. The van der Waals surface area contributed by atoms with Gasteiger partial charge in [-0.15, -0.1) is 0 Å². The molecule has 2 amide bonds. The summed E-state index contributed by atoms with van der Waals surface area (Å²) in [4.78, 5) is 36.8. The van der Waals surface area contributed by atoms with E-state index in [-0.39, 0.29) is 11.8 Å². The Hall–Kier alpha value is -5.04. The Bertz CT molecular complexity index is 1720. The Balaban J connectivity index is 1.39. The fourth-order valence-electron chi connectivity index (χ4n) is 5.83. The SMILES string of the molecule is CN(C(=O)O)C(C(=O)N1CCC(C#Cc2c(-c3ccc(Oc4ccccc4)cc3)c3c(N)ncnc3n2C)CC1)C(C)(C)C. The maximum absolute atomic E-state index is 13.4. The van der Waals surface area contributed by atoms with Gasteiger partial charge in [-0.2, -0.15) is 0 Å². The minimum absolute atomic E-state index is 0.0697. The Morgan fingerprint density at radius 3 is 2.30 bits per heavy atom. The van der Waals surface area contributed by atoms with E-state index in [1.807, 2.05) is 87.0 Å². The molecule has 44 heavy (non-hydrogen) atoms. The van der Waals surface area contributed by atoms with Crippen LogP contribution in [0.3, 0.4) is 0 Å². The number of nitrogens with two attached hydrogens (primary N) is 1. The highest BCUT2D eigenvalue weighted by Crippen LogP contribution is 2.37. The average Bonchev–Trinajstić information content (AvgIpc) is 3.28. The highest BCUT2D eigenvalue weighted by molar-refractivity contribution is 6.03. The van der Waals surface area contributed by atoms with Crippen molar-refractivity contribution in [1.29, 1.82) is 0 Å². The van der Waals surface area contributed by atoms with Gasteiger partial charge in [-0.1, -0.05) is 57.0 Å². The van der Waals surface area contributed by atoms with E-state index in [4.69, 9.17) is 10.5 Å². The van der Waals surface area contributed by atoms with Gasteiger partial charge < -0.3 is 25.0 Å². The van der Waals surface area contributed by atoms with Crippen LogP contribution in [0.25, 0.3) is 22.2 Å². The van der Waals surface area contributed by atoms with Crippen molar-refractivity contribution >= 4 is 28.9 Å². The molecule has 1 aliphatic heterocycles. The number of rotatable bonds is 5. The first-order valence-corrected chi connectivity index (χ1v) is 14.6. The lowest BCUT2D eigenvalue weighted by molar-refractivity contribution is -0.140. The topological polar surface area (TPSA) is 127 Å². The number of benzene rings is 2. The van der Waals surface area contributed by atoms with E-state index in [0.717, 1.165) is 32.9 Å². The molecule has 4 aromatic rings. The summed E-state index contributed by atoms with van der Waals surface area (Å²) in [5.41, 5.74) is 9.07. The number of likely N-dealkylation sites (tertiary alicyclic amines) is 1. The first-order chi connectivity index (χ1) is 21.0. The molecule has 5 rings (SSSR count). The number of aryl methyl sites for hydroxylation is 1. The van der Waals surface area contributed by atoms with Gasteiger partial charge in [0.05, 0.1) is 5.39 Å². The fourth-order valence-corrected chi connectivity index (χ4v) is 5.83. The summed E-state index contributed by atoms with van der Waals surface area (Å²) in [5, 5.41) is 10.3. The first kappa shape index (κ1) is 30.4. The minimum Gasteiger partial charge on any atom is -0.465 e. The van der Waals surface area contributed by atoms with E-state index >= 15 is 0 Å². The van der Waals surface area contributed by atoms with Crippen molar-refractivity contribution in [2.45, 2.75) is 39.7 Å². The van der Waals surface area contributed by atoms with Gasteiger partial charge in [0.15, 0.2) is 0 Å². The second kappa shape index (κ2) is 12.3. The lowest BCUT2D eigenvalue weighted by Gasteiger charge is -2.40. The third kappa shape index (κ3) is 6.18.